The molecular formula is C6H8N2O2. The Balaban J connectivity index is 2.56. The summed E-state index contributed by atoms with van der Waals surface area (Å²) in [5.41, 5.74) is 0.380. The molecule has 0 fully saturated rings. The smallest absolute Gasteiger partial charge is 0.205 e. The van der Waals surface area contributed by atoms with E-state index in [1.54, 1.807) is 12.4 Å². The molecule has 0 aromatic rings. The van der Waals surface area contributed by atoms with Crippen LogP contribution in [0.3, 0.4) is 0 Å². The summed E-state index contributed by atoms with van der Waals surface area (Å²) in [6.45, 7) is -0.464. The standard InChI is InChI=1S/C6H8N2O2/c9-4-6(10)5-3-7-1-2-8-5/h1-3,7-9H,4H2. The predicted molar refractivity (Wildman–Crippen MR) is 35.6 cm³/mol. The van der Waals surface area contributed by atoms with Gasteiger partial charge in [-0.1, -0.05) is 0 Å². The molecule has 0 aromatic heterocycles. The molecule has 4 heteroatoms. The van der Waals surface area contributed by atoms with E-state index in [4.69, 9.17) is 5.11 Å². The highest BCUT2D eigenvalue weighted by molar-refractivity contribution is 5.95. The van der Waals surface area contributed by atoms with E-state index in [0.29, 0.717) is 5.70 Å². The average molecular weight is 140 g/mol. The number of hydrogen-bond acceptors (Lipinski definition) is 4. The van der Waals surface area contributed by atoms with Gasteiger partial charge in [0.2, 0.25) is 5.78 Å². The Bertz CT molecular complexity index is 196. The van der Waals surface area contributed by atoms with Gasteiger partial charge in [0, 0.05) is 18.6 Å². The summed E-state index contributed by atoms with van der Waals surface area (Å²) in [6, 6.07) is 0. The summed E-state index contributed by atoms with van der Waals surface area (Å²) in [6.07, 6.45) is 4.73. The SMILES string of the molecule is O=C(CO)C1=CNC=CN1. The van der Waals surface area contributed by atoms with Gasteiger partial charge in [-0.3, -0.25) is 4.79 Å². The van der Waals surface area contributed by atoms with Gasteiger partial charge in [-0.15, -0.1) is 0 Å². The van der Waals surface area contributed by atoms with Crippen molar-refractivity contribution in [1.29, 1.82) is 0 Å². The van der Waals surface area contributed by atoms with Gasteiger partial charge < -0.3 is 15.7 Å². The first kappa shape index (κ1) is 6.82. The molecule has 0 amide bonds. The lowest BCUT2D eigenvalue weighted by Crippen LogP contribution is -2.23. The maximum atomic E-state index is 10.7. The van der Waals surface area contributed by atoms with Crippen LogP contribution in [0.25, 0.3) is 0 Å². The molecule has 0 unspecified atom stereocenters. The summed E-state index contributed by atoms with van der Waals surface area (Å²) >= 11 is 0. The van der Waals surface area contributed by atoms with Crippen molar-refractivity contribution in [1.82, 2.24) is 10.6 Å². The summed E-state index contributed by atoms with van der Waals surface area (Å²) in [5.74, 6) is -0.322. The first-order valence-electron chi connectivity index (χ1n) is 2.86. The lowest BCUT2D eigenvalue weighted by Gasteiger charge is -2.07. The molecule has 1 aliphatic heterocycles. The molecule has 0 atom stereocenters. The zero-order valence-electron chi connectivity index (χ0n) is 5.29. The van der Waals surface area contributed by atoms with Gasteiger partial charge in [-0.2, -0.15) is 0 Å². The lowest BCUT2D eigenvalue weighted by atomic mass is 10.3. The highest BCUT2D eigenvalue weighted by atomic mass is 16.3. The van der Waals surface area contributed by atoms with E-state index in [0.717, 1.165) is 0 Å². The van der Waals surface area contributed by atoms with Gasteiger partial charge in [-0.25, -0.2) is 0 Å². The number of Topliss-reactive ketones (excluding diaryl/α,β-unsaturated/α-hetero) is 1. The molecule has 3 N–H and O–H groups in total. The van der Waals surface area contributed by atoms with Gasteiger partial charge in [0.15, 0.2) is 0 Å². The third-order valence-corrected chi connectivity index (χ3v) is 1.09. The minimum Gasteiger partial charge on any atom is -0.388 e. The zero-order chi connectivity index (χ0) is 7.40. The molecule has 0 saturated carbocycles. The Morgan fingerprint density at radius 2 is 2.40 bits per heavy atom. The van der Waals surface area contributed by atoms with Gasteiger partial charge in [0.05, 0.1) is 0 Å². The zero-order valence-corrected chi connectivity index (χ0v) is 5.29. The van der Waals surface area contributed by atoms with E-state index in [1.807, 2.05) is 0 Å². The summed E-state index contributed by atoms with van der Waals surface area (Å²) in [5, 5.41) is 13.8. The van der Waals surface area contributed by atoms with Gasteiger partial charge >= 0.3 is 0 Å². The minimum absolute atomic E-state index is 0.322. The Hall–Kier alpha value is -1.29. The molecule has 0 bridgehead atoms. The van der Waals surface area contributed by atoms with Crippen molar-refractivity contribution in [2.24, 2.45) is 0 Å². The molecule has 0 aromatic carbocycles. The summed E-state index contributed by atoms with van der Waals surface area (Å²) < 4.78 is 0. The first-order chi connectivity index (χ1) is 4.84. The molecule has 0 aliphatic carbocycles. The van der Waals surface area contributed by atoms with Crippen LogP contribution in [-0.4, -0.2) is 17.5 Å². The normalized spacial score (nSPS) is 15.1. The fraction of sp³-hybridized carbons (Fsp3) is 0.167. The predicted octanol–water partition coefficient (Wildman–Crippen LogP) is -0.947. The van der Waals surface area contributed by atoms with Crippen molar-refractivity contribution in [3.63, 3.8) is 0 Å². The molecule has 0 saturated heterocycles. The number of hydrogen-bond donors (Lipinski definition) is 3. The lowest BCUT2D eigenvalue weighted by molar-refractivity contribution is -0.118. The molecule has 1 aliphatic rings. The number of carbonyl (C=O) groups excluding carboxylic acids is 1. The number of ketones is 1. The van der Waals surface area contributed by atoms with Crippen LogP contribution in [-0.2, 0) is 4.79 Å². The molecule has 1 rings (SSSR count). The van der Waals surface area contributed by atoms with Crippen molar-refractivity contribution in [2.45, 2.75) is 0 Å². The van der Waals surface area contributed by atoms with Crippen LogP contribution in [0.1, 0.15) is 0 Å². The molecule has 4 nitrogen and oxygen atoms in total. The monoisotopic (exact) mass is 140 g/mol. The fourth-order valence-corrected chi connectivity index (χ4v) is 0.599. The number of aliphatic hydroxyl groups is 1. The highest BCUT2D eigenvalue weighted by Gasteiger charge is 2.06. The van der Waals surface area contributed by atoms with E-state index in [1.165, 1.54) is 6.20 Å². The van der Waals surface area contributed by atoms with Crippen molar-refractivity contribution >= 4 is 5.78 Å². The molecule has 0 spiro atoms. The van der Waals surface area contributed by atoms with E-state index in [-0.39, 0.29) is 5.78 Å². The van der Waals surface area contributed by atoms with Crippen LogP contribution < -0.4 is 10.6 Å². The second-order valence-corrected chi connectivity index (χ2v) is 1.78. The largest absolute Gasteiger partial charge is 0.388 e. The summed E-state index contributed by atoms with van der Waals surface area (Å²) in [4.78, 5) is 10.7. The fourth-order valence-electron chi connectivity index (χ4n) is 0.599. The van der Waals surface area contributed by atoms with Crippen LogP contribution in [0, 0.1) is 0 Å². The van der Waals surface area contributed by atoms with Gasteiger partial charge in [0.1, 0.15) is 12.3 Å². The number of aliphatic hydroxyl groups excluding tert-OH is 1. The highest BCUT2D eigenvalue weighted by Crippen LogP contribution is 1.92. The van der Waals surface area contributed by atoms with Crippen LogP contribution >= 0.6 is 0 Å². The maximum absolute atomic E-state index is 10.7. The van der Waals surface area contributed by atoms with E-state index in [2.05, 4.69) is 10.6 Å². The van der Waals surface area contributed by atoms with Crippen molar-refractivity contribution in [3.05, 3.63) is 24.3 Å². The van der Waals surface area contributed by atoms with Crippen LogP contribution in [0.5, 0.6) is 0 Å². The van der Waals surface area contributed by atoms with Crippen molar-refractivity contribution < 1.29 is 9.90 Å². The Labute approximate surface area is 58.2 Å². The second-order valence-electron chi connectivity index (χ2n) is 1.78. The van der Waals surface area contributed by atoms with Crippen molar-refractivity contribution in [2.75, 3.05) is 6.61 Å². The number of carbonyl (C=O) groups is 1. The van der Waals surface area contributed by atoms with Gasteiger partial charge in [0.25, 0.3) is 0 Å². The minimum atomic E-state index is -0.464. The summed E-state index contributed by atoms with van der Waals surface area (Å²) in [7, 11) is 0. The van der Waals surface area contributed by atoms with Crippen LogP contribution in [0.15, 0.2) is 24.3 Å². The Morgan fingerprint density at radius 3 is 2.90 bits per heavy atom. The average Bonchev–Trinajstić information content (AvgIpc) is 2.05. The third-order valence-electron chi connectivity index (χ3n) is 1.09. The quantitative estimate of drug-likeness (QED) is 0.463. The van der Waals surface area contributed by atoms with E-state index < -0.39 is 6.61 Å². The van der Waals surface area contributed by atoms with Crippen LogP contribution in [0.2, 0.25) is 0 Å². The topological polar surface area (TPSA) is 61.4 Å². The number of nitrogens with one attached hydrogen (secondary N) is 2. The van der Waals surface area contributed by atoms with Crippen molar-refractivity contribution in [3.8, 4) is 0 Å². The molecular weight excluding hydrogens is 132 g/mol. The molecule has 10 heavy (non-hydrogen) atoms. The Kier molecular flexibility index (Phi) is 2.07. The molecule has 54 valence electrons. The van der Waals surface area contributed by atoms with Crippen LogP contribution in [0.4, 0.5) is 0 Å². The number of rotatable bonds is 2. The molecule has 1 heterocycles. The second kappa shape index (κ2) is 3.03. The maximum Gasteiger partial charge on any atom is 0.205 e. The van der Waals surface area contributed by atoms with Gasteiger partial charge in [-0.05, 0) is 0 Å². The first-order valence-corrected chi connectivity index (χ1v) is 2.86. The van der Waals surface area contributed by atoms with E-state index in [9.17, 15) is 4.79 Å². The molecule has 0 radical (unpaired) electrons. The Morgan fingerprint density at radius 1 is 1.60 bits per heavy atom. The third kappa shape index (κ3) is 1.35. The van der Waals surface area contributed by atoms with E-state index >= 15 is 0 Å².